The van der Waals surface area contributed by atoms with Gasteiger partial charge in [0, 0.05) is 38.1 Å². The van der Waals surface area contributed by atoms with Gasteiger partial charge in [0.25, 0.3) is 0 Å². The molecule has 1 aromatic carbocycles. The van der Waals surface area contributed by atoms with Crippen molar-refractivity contribution in [3.05, 3.63) is 59.9 Å². The number of nitrogens with zero attached hydrogens (tertiary/aromatic N) is 3. The SMILES string of the molecule is CC(C)Oc1ccc(CN2CCCC(N(Cc3cccnc3)S(C)(=O)=O)C2)cc1. The van der Waals surface area contributed by atoms with Gasteiger partial charge < -0.3 is 4.74 Å². The largest absolute Gasteiger partial charge is 0.491 e. The van der Waals surface area contributed by atoms with E-state index in [1.54, 1.807) is 16.7 Å². The van der Waals surface area contributed by atoms with Crippen molar-refractivity contribution in [2.24, 2.45) is 0 Å². The molecule has 1 saturated heterocycles. The normalized spacial score (nSPS) is 18.3. The molecule has 0 aliphatic carbocycles. The molecule has 6 nitrogen and oxygen atoms in total. The third kappa shape index (κ3) is 6.52. The fourth-order valence-electron chi connectivity index (χ4n) is 3.80. The summed E-state index contributed by atoms with van der Waals surface area (Å²) in [6, 6.07) is 11.9. The minimum absolute atomic E-state index is 0.0255. The van der Waals surface area contributed by atoms with Gasteiger partial charge in [-0.2, -0.15) is 4.31 Å². The van der Waals surface area contributed by atoms with Gasteiger partial charge in [-0.25, -0.2) is 8.42 Å². The van der Waals surface area contributed by atoms with E-state index in [2.05, 4.69) is 22.0 Å². The third-order valence-corrected chi connectivity index (χ3v) is 6.36. The summed E-state index contributed by atoms with van der Waals surface area (Å²) >= 11 is 0. The smallest absolute Gasteiger partial charge is 0.211 e. The van der Waals surface area contributed by atoms with Crippen LogP contribution in [0.25, 0.3) is 0 Å². The first-order chi connectivity index (χ1) is 13.8. The number of aromatic nitrogens is 1. The molecule has 1 aliphatic heterocycles. The van der Waals surface area contributed by atoms with Crippen molar-refractivity contribution in [1.82, 2.24) is 14.2 Å². The molecule has 158 valence electrons. The number of piperidine rings is 1. The van der Waals surface area contributed by atoms with E-state index in [-0.39, 0.29) is 12.1 Å². The van der Waals surface area contributed by atoms with Crippen molar-refractivity contribution in [3.8, 4) is 5.75 Å². The maximum atomic E-state index is 12.5. The van der Waals surface area contributed by atoms with Gasteiger partial charge in [-0.1, -0.05) is 18.2 Å². The zero-order chi connectivity index (χ0) is 20.9. The molecule has 0 radical (unpaired) electrons. The molecule has 0 N–H and O–H groups in total. The topological polar surface area (TPSA) is 62.7 Å². The number of sulfonamides is 1. The van der Waals surface area contributed by atoms with Crippen molar-refractivity contribution in [2.45, 2.75) is 51.9 Å². The zero-order valence-electron chi connectivity index (χ0n) is 17.5. The van der Waals surface area contributed by atoms with Crippen LogP contribution in [0.5, 0.6) is 5.75 Å². The Labute approximate surface area is 174 Å². The molecule has 2 heterocycles. The van der Waals surface area contributed by atoms with Gasteiger partial charge >= 0.3 is 0 Å². The summed E-state index contributed by atoms with van der Waals surface area (Å²) in [6.07, 6.45) is 6.76. The second-order valence-corrected chi connectivity index (χ2v) is 9.95. The van der Waals surface area contributed by atoms with Crippen LogP contribution < -0.4 is 4.74 Å². The van der Waals surface area contributed by atoms with Crippen LogP contribution in [-0.4, -0.2) is 54.1 Å². The zero-order valence-corrected chi connectivity index (χ0v) is 18.3. The summed E-state index contributed by atoms with van der Waals surface area (Å²) in [5.74, 6) is 0.875. The van der Waals surface area contributed by atoms with Crippen LogP contribution in [0.4, 0.5) is 0 Å². The number of hydrogen-bond acceptors (Lipinski definition) is 5. The number of ether oxygens (including phenoxy) is 1. The van der Waals surface area contributed by atoms with E-state index >= 15 is 0 Å². The van der Waals surface area contributed by atoms with E-state index < -0.39 is 10.0 Å². The predicted molar refractivity (Wildman–Crippen MR) is 115 cm³/mol. The summed E-state index contributed by atoms with van der Waals surface area (Å²) in [7, 11) is -3.31. The van der Waals surface area contributed by atoms with Crippen molar-refractivity contribution < 1.29 is 13.2 Å². The number of pyridine rings is 1. The van der Waals surface area contributed by atoms with Crippen LogP contribution in [-0.2, 0) is 23.1 Å². The van der Waals surface area contributed by atoms with Crippen LogP contribution in [0, 0.1) is 0 Å². The van der Waals surface area contributed by atoms with E-state index in [4.69, 9.17) is 4.74 Å². The maximum Gasteiger partial charge on any atom is 0.211 e. The van der Waals surface area contributed by atoms with Gasteiger partial charge in [-0.3, -0.25) is 9.88 Å². The fraction of sp³-hybridized carbons (Fsp3) is 0.500. The first-order valence-corrected chi connectivity index (χ1v) is 12.0. The van der Waals surface area contributed by atoms with Crippen molar-refractivity contribution in [2.75, 3.05) is 19.3 Å². The molecule has 0 spiro atoms. The first-order valence-electron chi connectivity index (χ1n) is 10.1. The number of benzene rings is 1. The minimum Gasteiger partial charge on any atom is -0.491 e. The lowest BCUT2D eigenvalue weighted by molar-refractivity contribution is 0.139. The molecule has 0 bridgehead atoms. The highest BCUT2D eigenvalue weighted by atomic mass is 32.2. The summed E-state index contributed by atoms with van der Waals surface area (Å²) in [6.45, 7) is 6.92. The maximum absolute atomic E-state index is 12.5. The van der Waals surface area contributed by atoms with Crippen molar-refractivity contribution >= 4 is 10.0 Å². The average Bonchev–Trinajstić information content (AvgIpc) is 2.67. The molecule has 3 rings (SSSR count). The Morgan fingerprint density at radius 2 is 1.97 bits per heavy atom. The molecule has 7 heteroatoms. The summed E-state index contributed by atoms with van der Waals surface area (Å²) < 4.78 is 32.3. The third-order valence-electron chi connectivity index (χ3n) is 5.08. The molecular formula is C22H31N3O3S. The van der Waals surface area contributed by atoms with Gasteiger partial charge in [0.15, 0.2) is 0 Å². The van der Waals surface area contributed by atoms with Crippen molar-refractivity contribution in [3.63, 3.8) is 0 Å². The Balaban J connectivity index is 1.66. The highest BCUT2D eigenvalue weighted by Gasteiger charge is 2.31. The summed E-state index contributed by atoms with van der Waals surface area (Å²) in [5.41, 5.74) is 2.12. The highest BCUT2D eigenvalue weighted by Crippen LogP contribution is 2.23. The molecule has 0 amide bonds. The second-order valence-electron chi connectivity index (χ2n) is 8.01. The Morgan fingerprint density at radius 1 is 1.21 bits per heavy atom. The average molecular weight is 418 g/mol. The van der Waals surface area contributed by atoms with Crippen molar-refractivity contribution in [1.29, 1.82) is 0 Å². The molecule has 1 atom stereocenters. The van der Waals surface area contributed by atoms with Gasteiger partial charge in [0.05, 0.1) is 12.4 Å². The number of likely N-dealkylation sites (tertiary alicyclic amines) is 1. The number of rotatable bonds is 8. The molecule has 2 aromatic rings. The Morgan fingerprint density at radius 3 is 2.59 bits per heavy atom. The van der Waals surface area contributed by atoms with Crippen LogP contribution in [0.2, 0.25) is 0 Å². The van der Waals surface area contributed by atoms with E-state index in [1.807, 2.05) is 38.1 Å². The van der Waals surface area contributed by atoms with Gasteiger partial charge in [0.2, 0.25) is 10.0 Å². The quantitative estimate of drug-likeness (QED) is 0.660. The lowest BCUT2D eigenvalue weighted by Crippen LogP contribution is -2.49. The highest BCUT2D eigenvalue weighted by molar-refractivity contribution is 7.88. The van der Waals surface area contributed by atoms with Crippen LogP contribution >= 0.6 is 0 Å². The van der Waals surface area contributed by atoms with Gasteiger partial charge in [-0.15, -0.1) is 0 Å². The Bertz CT molecular complexity index is 870. The lowest BCUT2D eigenvalue weighted by atomic mass is 10.0. The Hall–Kier alpha value is -1.96. The van der Waals surface area contributed by atoms with E-state index in [0.29, 0.717) is 6.54 Å². The second kappa shape index (κ2) is 9.69. The van der Waals surface area contributed by atoms with Gasteiger partial charge in [-0.05, 0) is 62.6 Å². The summed E-state index contributed by atoms with van der Waals surface area (Å²) in [4.78, 5) is 6.46. The molecule has 29 heavy (non-hydrogen) atoms. The van der Waals surface area contributed by atoms with Crippen LogP contribution in [0.1, 0.15) is 37.8 Å². The van der Waals surface area contributed by atoms with Gasteiger partial charge in [0.1, 0.15) is 5.75 Å². The first kappa shape index (κ1) is 21.7. The molecule has 0 saturated carbocycles. The Kier molecular flexibility index (Phi) is 7.27. The molecule has 1 fully saturated rings. The number of hydrogen-bond donors (Lipinski definition) is 0. The van der Waals surface area contributed by atoms with E-state index in [1.165, 1.54) is 11.8 Å². The monoisotopic (exact) mass is 417 g/mol. The van der Waals surface area contributed by atoms with Crippen LogP contribution in [0.15, 0.2) is 48.8 Å². The minimum atomic E-state index is -3.31. The lowest BCUT2D eigenvalue weighted by Gasteiger charge is -2.38. The van der Waals surface area contributed by atoms with E-state index in [0.717, 1.165) is 43.8 Å². The molecular weight excluding hydrogens is 386 g/mol. The van der Waals surface area contributed by atoms with E-state index in [9.17, 15) is 8.42 Å². The molecule has 1 aromatic heterocycles. The van der Waals surface area contributed by atoms with Crippen LogP contribution in [0.3, 0.4) is 0 Å². The molecule has 1 aliphatic rings. The standard InChI is InChI=1S/C22H31N3O3S/c1-18(2)28-22-10-8-19(9-11-22)15-24-13-5-7-21(17-24)25(29(3,26)27)16-20-6-4-12-23-14-20/h4,6,8-12,14,18,21H,5,7,13,15-17H2,1-3H3. The summed E-state index contributed by atoms with van der Waals surface area (Å²) in [5, 5.41) is 0. The molecule has 1 unspecified atom stereocenters. The fourth-order valence-corrected chi connectivity index (χ4v) is 4.90. The predicted octanol–water partition coefficient (Wildman–Crippen LogP) is 3.30.